The highest BCUT2D eigenvalue weighted by Gasteiger charge is 2.15. The number of rotatable bonds is 5. The zero-order valence-corrected chi connectivity index (χ0v) is 14.2. The van der Waals surface area contributed by atoms with E-state index in [1.807, 2.05) is 0 Å². The molecule has 0 aliphatic rings. The molecule has 142 valence electrons. The van der Waals surface area contributed by atoms with Gasteiger partial charge in [-0.3, -0.25) is 14.9 Å². The average molecular weight is 383 g/mol. The van der Waals surface area contributed by atoms with Gasteiger partial charge in [-0.2, -0.15) is 0 Å². The number of carbonyl (C=O) groups is 1. The summed E-state index contributed by atoms with van der Waals surface area (Å²) in [5.41, 5.74) is 0.273. The molecule has 0 heterocycles. The second kappa shape index (κ2) is 7.62. The number of benzene rings is 3. The van der Waals surface area contributed by atoms with Crippen LogP contribution in [0.5, 0.6) is 11.5 Å². The van der Waals surface area contributed by atoms with Crippen molar-refractivity contribution in [3.63, 3.8) is 0 Å². The Kier molecular flexibility index (Phi) is 5.07. The number of hydrogen-bond acceptors (Lipinski definition) is 6. The van der Waals surface area contributed by atoms with Crippen LogP contribution >= 0.6 is 0 Å². The molecule has 0 bridgehead atoms. The van der Waals surface area contributed by atoms with E-state index < -0.39 is 22.4 Å². The molecule has 0 aromatic heterocycles. The van der Waals surface area contributed by atoms with Crippen LogP contribution in [-0.2, 0) is 0 Å². The first-order chi connectivity index (χ1) is 13.3. The van der Waals surface area contributed by atoms with Gasteiger partial charge in [0.1, 0.15) is 0 Å². The molecule has 0 saturated heterocycles. The fourth-order valence-electron chi connectivity index (χ4n) is 2.45. The minimum Gasteiger partial charge on any atom is -0.504 e. The Morgan fingerprint density at radius 2 is 1.71 bits per heavy atom. The molecular weight excluding hydrogens is 369 g/mol. The van der Waals surface area contributed by atoms with Gasteiger partial charge in [0.05, 0.1) is 27.9 Å². The first-order valence-electron chi connectivity index (χ1n) is 7.98. The molecule has 0 atom stereocenters. The number of amides is 1. The van der Waals surface area contributed by atoms with Crippen molar-refractivity contribution >= 4 is 28.7 Å². The van der Waals surface area contributed by atoms with Crippen LogP contribution in [0.4, 0.5) is 27.1 Å². The molecule has 0 spiro atoms. The average Bonchev–Trinajstić information content (AvgIpc) is 2.66. The molecule has 9 heteroatoms. The largest absolute Gasteiger partial charge is 0.504 e. The van der Waals surface area contributed by atoms with E-state index in [1.54, 1.807) is 18.2 Å². The highest BCUT2D eigenvalue weighted by Crippen LogP contribution is 2.29. The lowest BCUT2D eigenvalue weighted by atomic mass is 10.1. The summed E-state index contributed by atoms with van der Waals surface area (Å²) in [6, 6.07) is 13.2. The molecule has 8 nitrogen and oxygen atoms in total. The summed E-state index contributed by atoms with van der Waals surface area (Å²) in [4.78, 5) is 22.6. The maximum atomic E-state index is 14.1. The molecule has 3 rings (SSSR count). The molecule has 28 heavy (non-hydrogen) atoms. The van der Waals surface area contributed by atoms with E-state index in [9.17, 15) is 29.5 Å². The summed E-state index contributed by atoms with van der Waals surface area (Å²) >= 11 is 0. The number of nitrogens with zero attached hydrogens (tertiary/aromatic N) is 1. The van der Waals surface area contributed by atoms with Crippen LogP contribution in [0.25, 0.3) is 0 Å². The normalized spacial score (nSPS) is 10.3. The Labute approximate surface area is 158 Å². The summed E-state index contributed by atoms with van der Waals surface area (Å²) in [6.07, 6.45) is 0. The molecule has 3 aromatic rings. The van der Waals surface area contributed by atoms with Crippen molar-refractivity contribution in [1.82, 2.24) is 0 Å². The van der Waals surface area contributed by atoms with Gasteiger partial charge in [0.25, 0.3) is 11.6 Å². The number of non-ortho nitro benzene ring substituents is 1. The second-order valence-electron chi connectivity index (χ2n) is 5.75. The third-order valence-corrected chi connectivity index (χ3v) is 3.84. The number of phenolic OH excluding ortho intramolecular Hbond substituents is 2. The third kappa shape index (κ3) is 3.98. The zero-order valence-electron chi connectivity index (χ0n) is 14.2. The molecular formula is C19H14FN3O5. The minimum absolute atomic E-state index is 0.0341. The van der Waals surface area contributed by atoms with Crippen LogP contribution in [0.1, 0.15) is 10.4 Å². The summed E-state index contributed by atoms with van der Waals surface area (Å²) in [7, 11) is 0. The van der Waals surface area contributed by atoms with Crippen LogP contribution < -0.4 is 10.6 Å². The molecule has 0 radical (unpaired) electrons. The predicted molar refractivity (Wildman–Crippen MR) is 101 cm³/mol. The van der Waals surface area contributed by atoms with Crippen molar-refractivity contribution in [2.75, 3.05) is 10.6 Å². The topological polar surface area (TPSA) is 125 Å². The first kappa shape index (κ1) is 18.6. The Morgan fingerprint density at radius 3 is 2.39 bits per heavy atom. The van der Waals surface area contributed by atoms with Crippen molar-refractivity contribution in [2.24, 2.45) is 0 Å². The van der Waals surface area contributed by atoms with Gasteiger partial charge in [0, 0.05) is 17.8 Å². The van der Waals surface area contributed by atoms with E-state index in [4.69, 9.17) is 0 Å². The van der Waals surface area contributed by atoms with Crippen molar-refractivity contribution in [1.29, 1.82) is 0 Å². The molecule has 0 aliphatic carbocycles. The van der Waals surface area contributed by atoms with Crippen molar-refractivity contribution < 1.29 is 24.3 Å². The first-order valence-corrected chi connectivity index (χ1v) is 7.98. The Balaban J connectivity index is 1.85. The number of nitro benzene ring substituents is 1. The quantitative estimate of drug-likeness (QED) is 0.227. The van der Waals surface area contributed by atoms with E-state index in [0.29, 0.717) is 0 Å². The second-order valence-corrected chi connectivity index (χ2v) is 5.75. The summed E-state index contributed by atoms with van der Waals surface area (Å²) in [5.74, 6) is -2.10. The highest BCUT2D eigenvalue weighted by molar-refractivity contribution is 6.08. The number of carbonyl (C=O) groups excluding carboxylic acids is 1. The molecule has 3 aromatic carbocycles. The summed E-state index contributed by atoms with van der Waals surface area (Å²) in [5, 5.41) is 34.9. The van der Waals surface area contributed by atoms with Crippen molar-refractivity contribution in [2.45, 2.75) is 0 Å². The van der Waals surface area contributed by atoms with Gasteiger partial charge in [-0.25, -0.2) is 4.39 Å². The Morgan fingerprint density at radius 1 is 0.964 bits per heavy atom. The molecule has 0 unspecified atom stereocenters. The van der Waals surface area contributed by atoms with E-state index in [-0.39, 0.29) is 34.1 Å². The number of nitrogens with one attached hydrogen (secondary N) is 2. The molecule has 0 aliphatic heterocycles. The maximum Gasteiger partial charge on any atom is 0.272 e. The predicted octanol–water partition coefficient (Wildman–Crippen LogP) is 4.14. The van der Waals surface area contributed by atoms with Gasteiger partial charge in [-0.05, 0) is 30.3 Å². The van der Waals surface area contributed by atoms with Crippen LogP contribution in [-0.4, -0.2) is 21.0 Å². The minimum atomic E-state index is -0.840. The molecule has 0 fully saturated rings. The van der Waals surface area contributed by atoms with E-state index >= 15 is 0 Å². The molecule has 0 saturated carbocycles. The zero-order chi connectivity index (χ0) is 20.3. The Hall–Kier alpha value is -4.14. The van der Waals surface area contributed by atoms with Gasteiger partial charge < -0.3 is 20.8 Å². The smallest absolute Gasteiger partial charge is 0.272 e. The lowest BCUT2D eigenvalue weighted by Gasteiger charge is -2.13. The Bertz CT molecular complexity index is 1070. The van der Waals surface area contributed by atoms with Crippen molar-refractivity contribution in [3.05, 3.63) is 82.2 Å². The lowest BCUT2D eigenvalue weighted by Crippen LogP contribution is -2.14. The van der Waals surface area contributed by atoms with Crippen LogP contribution in [0, 0.1) is 15.9 Å². The number of para-hydroxylation sites is 1. The van der Waals surface area contributed by atoms with Gasteiger partial charge in [0.2, 0.25) is 0 Å². The molecule has 4 N–H and O–H groups in total. The molecule has 1 amide bonds. The van der Waals surface area contributed by atoms with Crippen LogP contribution in [0.3, 0.4) is 0 Å². The number of phenols is 2. The van der Waals surface area contributed by atoms with Gasteiger partial charge >= 0.3 is 0 Å². The van der Waals surface area contributed by atoms with Gasteiger partial charge in [-0.15, -0.1) is 0 Å². The monoisotopic (exact) mass is 383 g/mol. The maximum absolute atomic E-state index is 14.1. The van der Waals surface area contributed by atoms with Gasteiger partial charge in [0.15, 0.2) is 17.3 Å². The summed E-state index contributed by atoms with van der Waals surface area (Å²) < 4.78 is 14.1. The van der Waals surface area contributed by atoms with E-state index in [2.05, 4.69) is 10.6 Å². The van der Waals surface area contributed by atoms with E-state index in [1.165, 1.54) is 30.3 Å². The van der Waals surface area contributed by atoms with Crippen LogP contribution in [0.15, 0.2) is 60.7 Å². The third-order valence-electron chi connectivity index (χ3n) is 3.84. The van der Waals surface area contributed by atoms with E-state index in [0.717, 1.165) is 12.1 Å². The SMILES string of the molecule is O=C(Nc1ccc(O)c(O)c1)c1ccccc1Nc1ccc([N+](=O)[O-])cc1F. The van der Waals surface area contributed by atoms with Gasteiger partial charge in [-0.1, -0.05) is 12.1 Å². The fraction of sp³-hybridized carbons (Fsp3) is 0. The van der Waals surface area contributed by atoms with Crippen LogP contribution in [0.2, 0.25) is 0 Å². The summed E-state index contributed by atoms with van der Waals surface area (Å²) in [6.45, 7) is 0. The standard InChI is InChI=1S/C19H14FN3O5/c20-14-10-12(23(27)28)6-7-16(14)22-15-4-2-1-3-13(15)19(26)21-11-5-8-17(24)18(25)9-11/h1-10,22,24-25H,(H,21,26). The lowest BCUT2D eigenvalue weighted by molar-refractivity contribution is -0.385. The number of nitro groups is 1. The number of halogens is 1. The fourth-order valence-corrected chi connectivity index (χ4v) is 2.45. The number of hydrogen-bond donors (Lipinski definition) is 4. The van der Waals surface area contributed by atoms with Crippen molar-refractivity contribution in [3.8, 4) is 11.5 Å². The highest BCUT2D eigenvalue weighted by atomic mass is 19.1. The number of aromatic hydroxyl groups is 2. The number of anilines is 3.